The van der Waals surface area contributed by atoms with Crippen molar-refractivity contribution in [3.63, 3.8) is 0 Å². The molecule has 2 heterocycles. The van der Waals surface area contributed by atoms with Gasteiger partial charge in [0.1, 0.15) is 0 Å². The third kappa shape index (κ3) is 5.91. The van der Waals surface area contributed by atoms with Crippen LogP contribution >= 0.6 is 11.3 Å². The Morgan fingerprint density at radius 1 is 1.33 bits per heavy atom. The summed E-state index contributed by atoms with van der Waals surface area (Å²) in [4.78, 5) is 28.8. The molecule has 0 aliphatic carbocycles. The van der Waals surface area contributed by atoms with E-state index in [2.05, 4.69) is 24.4 Å². The van der Waals surface area contributed by atoms with Gasteiger partial charge in [-0.2, -0.15) is 0 Å². The van der Waals surface area contributed by atoms with Gasteiger partial charge in [0.2, 0.25) is 11.8 Å². The molecule has 0 bridgehead atoms. The van der Waals surface area contributed by atoms with Crippen LogP contribution in [0.5, 0.6) is 0 Å². The van der Waals surface area contributed by atoms with Crippen molar-refractivity contribution in [2.45, 2.75) is 57.9 Å². The molecule has 1 atom stereocenters. The minimum Gasteiger partial charge on any atom is -0.354 e. The summed E-state index contributed by atoms with van der Waals surface area (Å²) in [6.07, 6.45) is 5.94. The first kappa shape index (κ1) is 18.9. The molecular formula is C18H29N3O2S. The molecule has 6 heteroatoms. The summed E-state index contributed by atoms with van der Waals surface area (Å²) in [7, 11) is 0. The summed E-state index contributed by atoms with van der Waals surface area (Å²) >= 11 is 1.81. The highest BCUT2D eigenvalue weighted by Crippen LogP contribution is 2.20. The van der Waals surface area contributed by atoms with Gasteiger partial charge in [0, 0.05) is 48.3 Å². The number of nitrogens with zero attached hydrogens (tertiary/aromatic N) is 1. The first-order chi connectivity index (χ1) is 11.6. The molecule has 3 N–H and O–H groups in total. The summed E-state index contributed by atoms with van der Waals surface area (Å²) in [6.45, 7) is 3.83. The van der Waals surface area contributed by atoms with Crippen molar-refractivity contribution in [1.82, 2.24) is 10.2 Å². The molecular weight excluding hydrogens is 322 g/mol. The molecule has 1 fully saturated rings. The van der Waals surface area contributed by atoms with E-state index < -0.39 is 0 Å². The highest BCUT2D eigenvalue weighted by Gasteiger charge is 2.26. The SMILES string of the molecule is Cc1ccc(CCCC(=O)N2CCCCC2CNC(=O)CCN)s1. The van der Waals surface area contributed by atoms with Crippen molar-refractivity contribution in [3.05, 3.63) is 21.9 Å². The molecule has 2 amide bonds. The number of carbonyl (C=O) groups is 2. The van der Waals surface area contributed by atoms with Crippen molar-refractivity contribution >= 4 is 23.2 Å². The lowest BCUT2D eigenvalue weighted by Crippen LogP contribution is -2.49. The van der Waals surface area contributed by atoms with Crippen LogP contribution in [0.2, 0.25) is 0 Å². The minimum absolute atomic E-state index is 0.0245. The van der Waals surface area contributed by atoms with E-state index in [0.29, 0.717) is 25.9 Å². The molecule has 1 unspecified atom stereocenters. The zero-order valence-corrected chi connectivity index (χ0v) is 15.4. The van der Waals surface area contributed by atoms with E-state index >= 15 is 0 Å². The maximum absolute atomic E-state index is 12.6. The van der Waals surface area contributed by atoms with Crippen LogP contribution < -0.4 is 11.1 Å². The lowest BCUT2D eigenvalue weighted by Gasteiger charge is -2.36. The Bertz CT molecular complexity index is 544. The minimum atomic E-state index is -0.0245. The number of hydrogen-bond donors (Lipinski definition) is 2. The van der Waals surface area contributed by atoms with E-state index in [4.69, 9.17) is 5.73 Å². The van der Waals surface area contributed by atoms with Crippen LogP contribution in [0.15, 0.2) is 12.1 Å². The molecule has 0 spiro atoms. The van der Waals surface area contributed by atoms with E-state index in [1.807, 2.05) is 16.2 Å². The van der Waals surface area contributed by atoms with Crippen molar-refractivity contribution in [3.8, 4) is 0 Å². The van der Waals surface area contributed by atoms with Gasteiger partial charge >= 0.3 is 0 Å². The lowest BCUT2D eigenvalue weighted by atomic mass is 10.0. The number of likely N-dealkylation sites (tertiary alicyclic amines) is 1. The smallest absolute Gasteiger partial charge is 0.222 e. The van der Waals surface area contributed by atoms with Crippen LogP contribution in [0.25, 0.3) is 0 Å². The third-order valence-electron chi connectivity index (χ3n) is 4.46. The summed E-state index contributed by atoms with van der Waals surface area (Å²) in [5.74, 6) is 0.199. The quantitative estimate of drug-likeness (QED) is 0.754. The van der Waals surface area contributed by atoms with Gasteiger partial charge in [0.15, 0.2) is 0 Å². The van der Waals surface area contributed by atoms with Gasteiger partial charge < -0.3 is 16.0 Å². The first-order valence-electron chi connectivity index (χ1n) is 8.91. The maximum Gasteiger partial charge on any atom is 0.222 e. The van der Waals surface area contributed by atoms with Gasteiger partial charge in [0.05, 0.1) is 0 Å². The van der Waals surface area contributed by atoms with Crippen LogP contribution in [0, 0.1) is 6.92 Å². The second kappa shape index (κ2) is 9.79. The van der Waals surface area contributed by atoms with E-state index in [1.165, 1.54) is 9.75 Å². The monoisotopic (exact) mass is 351 g/mol. The van der Waals surface area contributed by atoms with Gasteiger partial charge in [-0.15, -0.1) is 11.3 Å². The van der Waals surface area contributed by atoms with Crippen LogP contribution in [0.3, 0.4) is 0 Å². The van der Waals surface area contributed by atoms with Crippen molar-refractivity contribution in [2.75, 3.05) is 19.6 Å². The number of nitrogens with two attached hydrogens (primary N) is 1. The van der Waals surface area contributed by atoms with Crippen molar-refractivity contribution in [1.29, 1.82) is 0 Å². The number of aryl methyl sites for hydroxylation is 2. The molecule has 1 aliphatic rings. The van der Waals surface area contributed by atoms with Gasteiger partial charge in [-0.05, 0) is 51.2 Å². The number of piperidine rings is 1. The molecule has 2 rings (SSSR count). The normalized spacial score (nSPS) is 17.8. The predicted molar refractivity (Wildman–Crippen MR) is 98.0 cm³/mol. The summed E-state index contributed by atoms with van der Waals surface area (Å²) in [5.41, 5.74) is 5.39. The largest absolute Gasteiger partial charge is 0.354 e. The highest BCUT2D eigenvalue weighted by molar-refractivity contribution is 7.11. The molecule has 134 valence electrons. The Morgan fingerprint density at radius 3 is 2.88 bits per heavy atom. The molecule has 1 aromatic rings. The number of hydrogen-bond acceptors (Lipinski definition) is 4. The average molecular weight is 352 g/mol. The number of nitrogens with one attached hydrogen (secondary N) is 1. The standard InChI is InChI=1S/C18H29N3O2S/c1-14-8-9-16(24-14)6-4-7-18(23)21-12-3-2-5-15(21)13-20-17(22)10-11-19/h8-9,15H,2-7,10-13,19H2,1H3,(H,20,22). The zero-order chi connectivity index (χ0) is 17.4. The Balaban J connectivity index is 1.77. The Morgan fingerprint density at radius 2 is 2.17 bits per heavy atom. The Hall–Kier alpha value is -1.40. The molecule has 0 saturated carbocycles. The number of amides is 2. The topological polar surface area (TPSA) is 75.4 Å². The van der Waals surface area contributed by atoms with Gasteiger partial charge in [0.25, 0.3) is 0 Å². The number of carbonyl (C=O) groups excluding carboxylic acids is 2. The van der Waals surface area contributed by atoms with Crippen LogP contribution in [0.4, 0.5) is 0 Å². The van der Waals surface area contributed by atoms with Gasteiger partial charge in [-0.25, -0.2) is 0 Å². The fourth-order valence-corrected chi connectivity index (χ4v) is 4.10. The lowest BCUT2D eigenvalue weighted by molar-refractivity contribution is -0.135. The summed E-state index contributed by atoms with van der Waals surface area (Å²) in [6, 6.07) is 4.42. The number of thiophene rings is 1. The first-order valence-corrected chi connectivity index (χ1v) is 9.73. The molecule has 0 radical (unpaired) electrons. The Kier molecular flexibility index (Phi) is 7.72. The molecule has 24 heavy (non-hydrogen) atoms. The molecule has 5 nitrogen and oxygen atoms in total. The summed E-state index contributed by atoms with van der Waals surface area (Å²) < 4.78 is 0. The van der Waals surface area contributed by atoms with Crippen LogP contribution in [0.1, 0.15) is 48.3 Å². The second-order valence-corrected chi connectivity index (χ2v) is 7.82. The molecule has 1 aliphatic heterocycles. The van der Waals surface area contributed by atoms with Gasteiger partial charge in [-0.3, -0.25) is 9.59 Å². The molecule has 0 aromatic carbocycles. The van der Waals surface area contributed by atoms with E-state index in [1.54, 1.807) is 0 Å². The van der Waals surface area contributed by atoms with E-state index in [0.717, 1.165) is 38.6 Å². The van der Waals surface area contributed by atoms with Crippen LogP contribution in [-0.4, -0.2) is 42.4 Å². The van der Waals surface area contributed by atoms with Crippen molar-refractivity contribution in [2.24, 2.45) is 5.73 Å². The highest BCUT2D eigenvalue weighted by atomic mass is 32.1. The zero-order valence-electron chi connectivity index (χ0n) is 14.6. The van der Waals surface area contributed by atoms with Gasteiger partial charge in [-0.1, -0.05) is 0 Å². The Labute approximate surface area is 148 Å². The van der Waals surface area contributed by atoms with E-state index in [9.17, 15) is 9.59 Å². The molecule has 1 saturated heterocycles. The molecule has 1 aromatic heterocycles. The van der Waals surface area contributed by atoms with Crippen LogP contribution in [-0.2, 0) is 16.0 Å². The fourth-order valence-electron chi connectivity index (χ4n) is 3.17. The van der Waals surface area contributed by atoms with E-state index in [-0.39, 0.29) is 17.9 Å². The second-order valence-electron chi connectivity index (χ2n) is 6.45. The van der Waals surface area contributed by atoms with Crippen molar-refractivity contribution < 1.29 is 9.59 Å². The summed E-state index contributed by atoms with van der Waals surface area (Å²) in [5, 5.41) is 2.91. The third-order valence-corrected chi connectivity index (χ3v) is 5.52. The fraction of sp³-hybridized carbons (Fsp3) is 0.667. The predicted octanol–water partition coefficient (Wildman–Crippen LogP) is 2.23. The average Bonchev–Trinajstić information content (AvgIpc) is 2.99. The maximum atomic E-state index is 12.6. The number of rotatable bonds is 8.